The van der Waals surface area contributed by atoms with Crippen molar-refractivity contribution in [1.82, 2.24) is 5.32 Å². The summed E-state index contributed by atoms with van der Waals surface area (Å²) < 4.78 is 0.480. The van der Waals surface area contributed by atoms with E-state index in [1.807, 2.05) is 24.3 Å². The van der Waals surface area contributed by atoms with Crippen LogP contribution >= 0.6 is 36.4 Å². The molecule has 0 spiro atoms. The third kappa shape index (κ3) is 8.88. The zero-order valence-electron chi connectivity index (χ0n) is 14.1. The fourth-order valence-electron chi connectivity index (χ4n) is 2.31. The Morgan fingerprint density at radius 3 is 2.29 bits per heavy atom. The van der Waals surface area contributed by atoms with Crippen molar-refractivity contribution in [2.75, 3.05) is 27.2 Å². The number of hydroxylamine groups is 3. The molecule has 2 aromatic carbocycles. The number of rotatable bonds is 8. The molecule has 0 atom stereocenters. The topological polar surface area (TPSA) is 21.3 Å². The summed E-state index contributed by atoms with van der Waals surface area (Å²) in [6.07, 6.45) is 0. The molecule has 1 N–H and O–H groups in total. The molecule has 3 nitrogen and oxygen atoms in total. The van der Waals surface area contributed by atoms with Crippen LogP contribution in [0.2, 0.25) is 5.02 Å². The molecule has 0 heterocycles. The van der Waals surface area contributed by atoms with Gasteiger partial charge >= 0.3 is 0 Å². The predicted octanol–water partition coefficient (Wildman–Crippen LogP) is 4.48. The second-order valence-electron chi connectivity index (χ2n) is 5.86. The summed E-state index contributed by atoms with van der Waals surface area (Å²) in [5, 5.41) is 4.16. The molecular weight excluding hydrogens is 367 g/mol. The van der Waals surface area contributed by atoms with E-state index in [0.717, 1.165) is 24.7 Å². The molecule has 134 valence electrons. The van der Waals surface area contributed by atoms with E-state index < -0.39 is 0 Å². The minimum absolute atomic E-state index is 0. The third-order valence-corrected chi connectivity index (χ3v) is 3.58. The van der Waals surface area contributed by atoms with E-state index >= 15 is 0 Å². The Balaban J connectivity index is 0.00000264. The van der Waals surface area contributed by atoms with E-state index in [0.29, 0.717) is 11.3 Å². The fraction of sp³-hybridized carbons (Fsp3) is 0.333. The quantitative estimate of drug-likeness (QED) is 0.406. The molecule has 0 aliphatic heterocycles. The van der Waals surface area contributed by atoms with E-state index in [-0.39, 0.29) is 24.8 Å². The fourth-order valence-corrected chi connectivity index (χ4v) is 2.53. The van der Waals surface area contributed by atoms with Gasteiger partial charge in [-0.3, -0.25) is 0 Å². The molecule has 0 radical (unpaired) electrons. The van der Waals surface area contributed by atoms with Gasteiger partial charge in [0.1, 0.15) is 13.2 Å². The Hall–Kier alpha value is -0.810. The zero-order valence-corrected chi connectivity index (χ0v) is 16.5. The van der Waals surface area contributed by atoms with Crippen molar-refractivity contribution in [1.29, 1.82) is 0 Å². The summed E-state index contributed by atoms with van der Waals surface area (Å²) in [5.41, 5.74) is 2.46. The maximum atomic E-state index is 6.02. The standard InChI is InChI=1S/C18H24ClN2O.2ClH/c1-21(2,15-17-9-6-10-18(19)13-17)22-12-11-20-14-16-7-4-3-5-8-16;;/h3-10,13,20H,11-12,14-15H2,1-2H3;2*1H/q+1;;. The lowest BCUT2D eigenvalue weighted by Gasteiger charge is -2.27. The number of hydrogen-bond acceptors (Lipinski definition) is 2. The highest BCUT2D eigenvalue weighted by atomic mass is 35.5. The van der Waals surface area contributed by atoms with Crippen molar-refractivity contribution in [3.63, 3.8) is 0 Å². The van der Waals surface area contributed by atoms with Crippen LogP contribution in [0.5, 0.6) is 0 Å². The summed E-state index contributed by atoms with van der Waals surface area (Å²) in [7, 11) is 4.11. The molecule has 0 saturated heterocycles. The normalized spacial score (nSPS) is 10.6. The SMILES string of the molecule is C[N+](C)(Cc1cccc(Cl)c1)OCCNCc1ccccc1.Cl.Cl. The summed E-state index contributed by atoms with van der Waals surface area (Å²) >= 11 is 6.02. The second kappa shape index (κ2) is 11.7. The van der Waals surface area contributed by atoms with Gasteiger partial charge in [-0.2, -0.15) is 4.65 Å². The van der Waals surface area contributed by atoms with Gasteiger partial charge in [0.2, 0.25) is 0 Å². The monoisotopic (exact) mass is 391 g/mol. The molecule has 0 saturated carbocycles. The minimum Gasteiger partial charge on any atom is -0.310 e. The van der Waals surface area contributed by atoms with Crippen LogP contribution in [0, 0.1) is 0 Å². The van der Waals surface area contributed by atoms with Crippen LogP contribution < -0.4 is 5.32 Å². The smallest absolute Gasteiger partial charge is 0.134 e. The average Bonchev–Trinajstić information content (AvgIpc) is 2.47. The van der Waals surface area contributed by atoms with Crippen molar-refractivity contribution in [3.8, 4) is 0 Å². The van der Waals surface area contributed by atoms with Crippen molar-refractivity contribution >= 4 is 36.4 Å². The maximum Gasteiger partial charge on any atom is 0.134 e. The lowest BCUT2D eigenvalue weighted by molar-refractivity contribution is -1.09. The van der Waals surface area contributed by atoms with Crippen LogP contribution in [-0.4, -0.2) is 31.9 Å². The van der Waals surface area contributed by atoms with E-state index in [4.69, 9.17) is 16.4 Å². The highest BCUT2D eigenvalue weighted by molar-refractivity contribution is 6.30. The predicted molar refractivity (Wildman–Crippen MR) is 106 cm³/mol. The van der Waals surface area contributed by atoms with E-state index in [1.165, 1.54) is 11.1 Å². The van der Waals surface area contributed by atoms with Crippen molar-refractivity contribution in [2.24, 2.45) is 0 Å². The molecule has 0 amide bonds. The third-order valence-electron chi connectivity index (χ3n) is 3.34. The molecule has 2 aromatic rings. The first kappa shape index (κ1) is 23.2. The lowest BCUT2D eigenvalue weighted by atomic mass is 10.2. The first-order valence-electron chi connectivity index (χ1n) is 7.52. The first-order chi connectivity index (χ1) is 10.6. The van der Waals surface area contributed by atoms with Crippen molar-refractivity contribution < 1.29 is 9.48 Å². The Morgan fingerprint density at radius 2 is 1.62 bits per heavy atom. The first-order valence-corrected chi connectivity index (χ1v) is 7.90. The Morgan fingerprint density at radius 1 is 0.958 bits per heavy atom. The van der Waals surface area contributed by atoms with Crippen molar-refractivity contribution in [2.45, 2.75) is 13.1 Å². The van der Waals surface area contributed by atoms with Gasteiger partial charge in [0.05, 0.1) is 14.1 Å². The number of hydrogen-bond donors (Lipinski definition) is 1. The second-order valence-corrected chi connectivity index (χ2v) is 6.29. The van der Waals surface area contributed by atoms with E-state index in [2.05, 4.69) is 49.7 Å². The van der Waals surface area contributed by atoms with Crippen LogP contribution in [0.4, 0.5) is 0 Å². The lowest BCUT2D eigenvalue weighted by Crippen LogP contribution is -2.40. The number of nitrogens with zero attached hydrogens (tertiary/aromatic N) is 1. The van der Waals surface area contributed by atoms with E-state index in [9.17, 15) is 0 Å². The summed E-state index contributed by atoms with van der Waals surface area (Å²) in [5.74, 6) is 0. The average molecular weight is 393 g/mol. The molecule has 0 unspecified atom stereocenters. The van der Waals surface area contributed by atoms with Crippen LogP contribution in [-0.2, 0) is 17.9 Å². The zero-order chi connectivity index (χ0) is 15.8. The van der Waals surface area contributed by atoms with Crippen LogP contribution in [0.1, 0.15) is 11.1 Å². The molecule has 0 aromatic heterocycles. The maximum absolute atomic E-state index is 6.02. The van der Waals surface area contributed by atoms with E-state index in [1.54, 1.807) is 0 Å². The van der Waals surface area contributed by atoms with Gasteiger partial charge in [-0.1, -0.05) is 54.1 Å². The van der Waals surface area contributed by atoms with Crippen LogP contribution in [0.3, 0.4) is 0 Å². The van der Waals surface area contributed by atoms with Gasteiger partial charge in [0, 0.05) is 23.7 Å². The minimum atomic E-state index is 0. The number of nitrogens with one attached hydrogen (secondary N) is 1. The Bertz CT molecular complexity index is 579. The number of benzene rings is 2. The highest BCUT2D eigenvalue weighted by Gasteiger charge is 2.17. The number of quaternary nitrogens is 1. The summed E-state index contributed by atoms with van der Waals surface area (Å²) in [6, 6.07) is 18.3. The van der Waals surface area contributed by atoms with Crippen LogP contribution in [0.15, 0.2) is 54.6 Å². The molecule has 0 aliphatic rings. The van der Waals surface area contributed by atoms with Crippen molar-refractivity contribution in [3.05, 3.63) is 70.7 Å². The van der Waals surface area contributed by atoms with Crippen LogP contribution in [0.25, 0.3) is 0 Å². The van der Waals surface area contributed by atoms with Gasteiger partial charge in [0.15, 0.2) is 0 Å². The highest BCUT2D eigenvalue weighted by Crippen LogP contribution is 2.15. The van der Waals surface area contributed by atoms with Gasteiger partial charge in [-0.25, -0.2) is 4.84 Å². The van der Waals surface area contributed by atoms with Gasteiger partial charge in [-0.15, -0.1) is 24.8 Å². The Kier molecular flexibility index (Phi) is 11.3. The molecule has 6 heteroatoms. The summed E-state index contributed by atoms with van der Waals surface area (Å²) in [6.45, 7) is 3.15. The van der Waals surface area contributed by atoms with Gasteiger partial charge in [0.25, 0.3) is 0 Å². The molecule has 0 fully saturated rings. The summed E-state index contributed by atoms with van der Waals surface area (Å²) in [4.78, 5) is 5.94. The molecule has 0 aliphatic carbocycles. The largest absolute Gasteiger partial charge is 0.310 e. The molecular formula is C18H26Cl3N2O+. The molecule has 0 bridgehead atoms. The van der Waals surface area contributed by atoms with Gasteiger partial charge in [-0.05, 0) is 17.7 Å². The molecule has 2 rings (SSSR count). The molecule has 24 heavy (non-hydrogen) atoms. The Labute approximate surface area is 162 Å². The number of halogens is 3. The van der Waals surface area contributed by atoms with Gasteiger partial charge < -0.3 is 5.32 Å².